The summed E-state index contributed by atoms with van der Waals surface area (Å²) in [6.45, 7) is 1.32. The Kier molecular flexibility index (Phi) is 3.56. The second-order valence-electron chi connectivity index (χ2n) is 4.02. The quantitative estimate of drug-likeness (QED) is 0.738. The number of aliphatic hydroxyl groups is 1. The van der Waals surface area contributed by atoms with Crippen molar-refractivity contribution < 1.29 is 5.11 Å². The fourth-order valence-electron chi connectivity index (χ4n) is 1.93. The fraction of sp³-hybridized carbons (Fsp3) is 0.583. The molecule has 2 N–H and O–H groups in total. The minimum absolute atomic E-state index is 0.281. The first-order valence-corrected chi connectivity index (χ1v) is 5.73. The third-order valence-electron chi connectivity index (χ3n) is 2.79. The van der Waals surface area contributed by atoms with E-state index in [9.17, 15) is 0 Å². The molecular weight excluding hydrogens is 188 g/mol. The zero-order chi connectivity index (χ0) is 10.5. The minimum Gasteiger partial charge on any atom is -0.396 e. The van der Waals surface area contributed by atoms with Crippen molar-refractivity contribution in [2.45, 2.75) is 32.1 Å². The molecule has 0 radical (unpaired) electrons. The summed E-state index contributed by atoms with van der Waals surface area (Å²) in [6, 6.07) is 4.30. The lowest BCUT2D eigenvalue weighted by molar-refractivity contribution is 0.284. The lowest BCUT2D eigenvalue weighted by atomic mass is 10.1. The summed E-state index contributed by atoms with van der Waals surface area (Å²) in [4.78, 5) is 4.59. The van der Waals surface area contributed by atoms with Gasteiger partial charge in [0.15, 0.2) is 0 Å². The molecule has 0 aromatic carbocycles. The predicted molar refractivity (Wildman–Crippen MR) is 61.1 cm³/mol. The Morgan fingerprint density at radius 3 is 3.13 bits per heavy atom. The van der Waals surface area contributed by atoms with Gasteiger partial charge in [0.25, 0.3) is 0 Å². The molecule has 0 atom stereocenters. The van der Waals surface area contributed by atoms with E-state index in [1.165, 1.54) is 12.0 Å². The summed E-state index contributed by atoms with van der Waals surface area (Å²) >= 11 is 0. The molecule has 15 heavy (non-hydrogen) atoms. The highest BCUT2D eigenvalue weighted by atomic mass is 16.2. The van der Waals surface area contributed by atoms with E-state index in [4.69, 9.17) is 5.11 Å². The van der Waals surface area contributed by atoms with Crippen molar-refractivity contribution in [1.82, 2.24) is 4.98 Å². The van der Waals surface area contributed by atoms with Crippen molar-refractivity contribution in [3.8, 4) is 0 Å². The average molecular weight is 206 g/mol. The van der Waals surface area contributed by atoms with Gasteiger partial charge in [-0.2, -0.15) is 0 Å². The van der Waals surface area contributed by atoms with Gasteiger partial charge >= 0.3 is 0 Å². The number of pyridine rings is 1. The Labute approximate surface area is 90.5 Å². The molecule has 0 aliphatic carbocycles. The number of aryl methyl sites for hydroxylation is 2. The molecule has 2 heterocycles. The largest absolute Gasteiger partial charge is 0.396 e. The first kappa shape index (κ1) is 10.4. The number of nitrogens with zero attached hydrogens (tertiary/aromatic N) is 1. The van der Waals surface area contributed by atoms with Gasteiger partial charge in [0.1, 0.15) is 5.82 Å². The zero-order valence-corrected chi connectivity index (χ0v) is 9.00. The van der Waals surface area contributed by atoms with Crippen molar-refractivity contribution in [3.05, 3.63) is 23.4 Å². The van der Waals surface area contributed by atoms with E-state index >= 15 is 0 Å². The maximum Gasteiger partial charge on any atom is 0.129 e. The summed E-state index contributed by atoms with van der Waals surface area (Å²) in [7, 11) is 0. The Morgan fingerprint density at radius 1 is 1.33 bits per heavy atom. The van der Waals surface area contributed by atoms with Gasteiger partial charge in [-0.3, -0.25) is 0 Å². The van der Waals surface area contributed by atoms with E-state index in [0.717, 1.165) is 43.7 Å². The van der Waals surface area contributed by atoms with Crippen molar-refractivity contribution in [2.75, 3.05) is 18.5 Å². The molecular formula is C12H18N2O. The van der Waals surface area contributed by atoms with Crippen LogP contribution < -0.4 is 5.32 Å². The highest BCUT2D eigenvalue weighted by Gasteiger charge is 2.09. The zero-order valence-electron chi connectivity index (χ0n) is 9.00. The molecule has 0 saturated heterocycles. The number of aromatic nitrogens is 1. The van der Waals surface area contributed by atoms with Crippen LogP contribution in [0.4, 0.5) is 5.82 Å². The Hall–Kier alpha value is -1.09. The van der Waals surface area contributed by atoms with Gasteiger partial charge in [-0.25, -0.2) is 4.98 Å². The van der Waals surface area contributed by atoms with Crippen molar-refractivity contribution in [2.24, 2.45) is 0 Å². The summed E-state index contributed by atoms with van der Waals surface area (Å²) in [6.07, 6.45) is 5.20. The number of hydrogen-bond acceptors (Lipinski definition) is 3. The predicted octanol–water partition coefficient (Wildman–Crippen LogP) is 1.75. The molecule has 0 unspecified atom stereocenters. The van der Waals surface area contributed by atoms with E-state index in [2.05, 4.69) is 22.4 Å². The summed E-state index contributed by atoms with van der Waals surface area (Å²) in [5.41, 5.74) is 2.48. The molecule has 3 heteroatoms. The van der Waals surface area contributed by atoms with Crippen LogP contribution in [-0.4, -0.2) is 23.2 Å². The molecule has 0 saturated carbocycles. The SMILES string of the molecule is OCCCCc1ccc2c(n1)NCCC2. The first-order valence-electron chi connectivity index (χ1n) is 5.73. The lowest BCUT2D eigenvalue weighted by Crippen LogP contribution is -2.14. The van der Waals surface area contributed by atoms with Gasteiger partial charge in [-0.15, -0.1) is 0 Å². The number of fused-ring (bicyclic) bond motifs is 1. The minimum atomic E-state index is 0.281. The van der Waals surface area contributed by atoms with Crippen LogP contribution in [0.25, 0.3) is 0 Å². The highest BCUT2D eigenvalue weighted by molar-refractivity contribution is 5.46. The molecule has 0 spiro atoms. The van der Waals surface area contributed by atoms with Crippen molar-refractivity contribution in [1.29, 1.82) is 0 Å². The molecule has 82 valence electrons. The van der Waals surface area contributed by atoms with E-state index in [1.54, 1.807) is 0 Å². The van der Waals surface area contributed by atoms with Crippen molar-refractivity contribution >= 4 is 5.82 Å². The molecule has 0 bridgehead atoms. The fourth-order valence-corrected chi connectivity index (χ4v) is 1.93. The normalized spacial score (nSPS) is 14.5. The summed E-state index contributed by atoms with van der Waals surface area (Å²) in [5, 5.41) is 12.0. The van der Waals surface area contributed by atoms with E-state index in [1.807, 2.05) is 0 Å². The third kappa shape index (κ3) is 2.69. The maximum absolute atomic E-state index is 8.70. The van der Waals surface area contributed by atoms with Crippen molar-refractivity contribution in [3.63, 3.8) is 0 Å². The van der Waals surface area contributed by atoms with Crippen LogP contribution in [0.15, 0.2) is 12.1 Å². The lowest BCUT2D eigenvalue weighted by Gasteiger charge is -2.17. The van der Waals surface area contributed by atoms with E-state index < -0.39 is 0 Å². The van der Waals surface area contributed by atoms with E-state index in [0.29, 0.717) is 0 Å². The average Bonchev–Trinajstić information content (AvgIpc) is 2.29. The molecule has 1 aromatic heterocycles. The molecule has 1 aliphatic heterocycles. The van der Waals surface area contributed by atoms with Crippen LogP contribution in [0.3, 0.4) is 0 Å². The number of unbranched alkanes of at least 4 members (excludes halogenated alkanes) is 1. The number of rotatable bonds is 4. The van der Waals surface area contributed by atoms with Crippen LogP contribution in [0.5, 0.6) is 0 Å². The number of hydrogen-bond donors (Lipinski definition) is 2. The Bertz CT molecular complexity index is 325. The van der Waals surface area contributed by atoms with Crippen LogP contribution in [-0.2, 0) is 12.8 Å². The molecule has 1 aliphatic rings. The van der Waals surface area contributed by atoms with Crippen LogP contribution >= 0.6 is 0 Å². The first-order chi connectivity index (χ1) is 7.40. The number of aliphatic hydroxyl groups excluding tert-OH is 1. The van der Waals surface area contributed by atoms with Gasteiger partial charge in [0, 0.05) is 18.8 Å². The summed E-state index contributed by atoms with van der Waals surface area (Å²) < 4.78 is 0. The Morgan fingerprint density at radius 2 is 2.27 bits per heavy atom. The summed E-state index contributed by atoms with van der Waals surface area (Å²) in [5.74, 6) is 1.07. The second kappa shape index (κ2) is 5.12. The molecule has 2 rings (SSSR count). The maximum atomic E-state index is 8.70. The monoisotopic (exact) mass is 206 g/mol. The topological polar surface area (TPSA) is 45.2 Å². The third-order valence-corrected chi connectivity index (χ3v) is 2.79. The van der Waals surface area contributed by atoms with Gasteiger partial charge < -0.3 is 10.4 Å². The van der Waals surface area contributed by atoms with Crippen LogP contribution in [0.1, 0.15) is 30.5 Å². The molecule has 1 aromatic rings. The van der Waals surface area contributed by atoms with Gasteiger partial charge in [0.2, 0.25) is 0 Å². The molecule has 0 amide bonds. The van der Waals surface area contributed by atoms with Gasteiger partial charge in [0.05, 0.1) is 0 Å². The number of anilines is 1. The smallest absolute Gasteiger partial charge is 0.129 e. The van der Waals surface area contributed by atoms with Gasteiger partial charge in [-0.1, -0.05) is 6.07 Å². The standard InChI is InChI=1S/C12H18N2O/c15-9-2-1-5-11-7-6-10-4-3-8-13-12(10)14-11/h6-7,15H,1-5,8-9H2,(H,13,14). The molecule has 3 nitrogen and oxygen atoms in total. The molecule has 0 fully saturated rings. The number of nitrogens with one attached hydrogen (secondary N) is 1. The Balaban J connectivity index is 2.00. The van der Waals surface area contributed by atoms with Crippen LogP contribution in [0, 0.1) is 0 Å². The highest BCUT2D eigenvalue weighted by Crippen LogP contribution is 2.20. The second-order valence-corrected chi connectivity index (χ2v) is 4.02. The van der Waals surface area contributed by atoms with Crippen LogP contribution in [0.2, 0.25) is 0 Å². The van der Waals surface area contributed by atoms with E-state index in [-0.39, 0.29) is 6.61 Å². The van der Waals surface area contributed by atoms with Gasteiger partial charge in [-0.05, 0) is 43.7 Å².